The fraction of sp³-hybridized carbons (Fsp3) is 0.300. The van der Waals surface area contributed by atoms with Crippen LogP contribution in [0.2, 0.25) is 0 Å². The first-order valence-corrected chi connectivity index (χ1v) is 8.03. The SMILES string of the molecule is c1ccc2cc3c(CC4CO4)c(CC4CO4)ccc3cc2c1. The van der Waals surface area contributed by atoms with Crippen molar-refractivity contribution in [2.45, 2.75) is 25.0 Å². The van der Waals surface area contributed by atoms with Crippen LogP contribution in [-0.2, 0) is 22.3 Å². The van der Waals surface area contributed by atoms with E-state index >= 15 is 0 Å². The summed E-state index contributed by atoms with van der Waals surface area (Å²) in [6.45, 7) is 1.82. The second-order valence-corrected chi connectivity index (χ2v) is 6.44. The van der Waals surface area contributed by atoms with Crippen molar-refractivity contribution >= 4 is 21.5 Å². The second kappa shape index (κ2) is 4.80. The van der Waals surface area contributed by atoms with E-state index in [1.165, 1.54) is 32.7 Å². The van der Waals surface area contributed by atoms with Crippen LogP contribution in [0.4, 0.5) is 0 Å². The molecule has 0 saturated carbocycles. The molecule has 2 fully saturated rings. The van der Waals surface area contributed by atoms with Gasteiger partial charge in [-0.1, -0.05) is 36.4 Å². The number of fused-ring (bicyclic) bond motifs is 2. The lowest BCUT2D eigenvalue weighted by molar-refractivity contribution is 0.402. The zero-order chi connectivity index (χ0) is 14.5. The van der Waals surface area contributed by atoms with Crippen LogP contribution in [0.25, 0.3) is 21.5 Å². The normalized spacial score (nSPS) is 23.1. The summed E-state index contributed by atoms with van der Waals surface area (Å²) in [6.07, 6.45) is 2.90. The molecule has 0 spiro atoms. The number of rotatable bonds is 4. The third-order valence-corrected chi connectivity index (χ3v) is 4.78. The Kier molecular flexibility index (Phi) is 2.76. The smallest absolute Gasteiger partial charge is 0.0850 e. The van der Waals surface area contributed by atoms with Gasteiger partial charge in [-0.15, -0.1) is 0 Å². The van der Waals surface area contributed by atoms with Gasteiger partial charge in [0.25, 0.3) is 0 Å². The highest BCUT2D eigenvalue weighted by molar-refractivity contribution is 6.00. The summed E-state index contributed by atoms with van der Waals surface area (Å²) in [5, 5.41) is 5.33. The van der Waals surface area contributed by atoms with Crippen LogP contribution in [0, 0.1) is 0 Å². The third kappa shape index (κ3) is 2.29. The van der Waals surface area contributed by atoms with Gasteiger partial charge >= 0.3 is 0 Å². The molecule has 2 saturated heterocycles. The molecular formula is C20H18O2. The highest BCUT2D eigenvalue weighted by atomic mass is 16.6. The van der Waals surface area contributed by atoms with Gasteiger partial charge in [0.05, 0.1) is 25.4 Å². The zero-order valence-electron chi connectivity index (χ0n) is 12.4. The monoisotopic (exact) mass is 290 g/mol. The van der Waals surface area contributed by atoms with Gasteiger partial charge in [-0.05, 0) is 44.8 Å². The maximum Gasteiger partial charge on any atom is 0.0850 e. The Hall–Kier alpha value is -1.90. The molecule has 0 N–H and O–H groups in total. The standard InChI is InChI=1S/C20H18O2/c1-2-4-14-9-19-15(7-13(14)3-1)5-6-16(8-17-11-21-17)20(19)10-18-12-22-18/h1-7,9,17-18H,8,10-12H2. The van der Waals surface area contributed by atoms with Crippen LogP contribution in [-0.4, -0.2) is 25.4 Å². The van der Waals surface area contributed by atoms with E-state index in [0.717, 1.165) is 26.1 Å². The first-order valence-electron chi connectivity index (χ1n) is 8.03. The first-order chi connectivity index (χ1) is 10.9. The number of benzene rings is 3. The predicted octanol–water partition coefficient (Wildman–Crippen LogP) is 3.88. The molecule has 2 atom stereocenters. The molecule has 2 unspecified atom stereocenters. The van der Waals surface area contributed by atoms with E-state index in [1.54, 1.807) is 0 Å². The minimum absolute atomic E-state index is 0.413. The lowest BCUT2D eigenvalue weighted by atomic mass is 9.91. The molecule has 2 nitrogen and oxygen atoms in total. The minimum atomic E-state index is 0.413. The molecule has 2 aliphatic rings. The number of hydrogen-bond acceptors (Lipinski definition) is 2. The minimum Gasteiger partial charge on any atom is -0.373 e. The van der Waals surface area contributed by atoms with E-state index in [1.807, 2.05) is 0 Å². The number of hydrogen-bond donors (Lipinski definition) is 0. The molecule has 0 aromatic heterocycles. The fourth-order valence-electron chi connectivity index (χ4n) is 3.40. The third-order valence-electron chi connectivity index (χ3n) is 4.78. The average Bonchev–Trinajstić information content (AvgIpc) is 3.43. The van der Waals surface area contributed by atoms with Crippen molar-refractivity contribution in [2.75, 3.05) is 13.2 Å². The molecule has 0 bridgehead atoms. The topological polar surface area (TPSA) is 25.1 Å². The second-order valence-electron chi connectivity index (χ2n) is 6.44. The van der Waals surface area contributed by atoms with Gasteiger partial charge in [-0.25, -0.2) is 0 Å². The van der Waals surface area contributed by atoms with Crippen molar-refractivity contribution in [1.29, 1.82) is 0 Å². The summed E-state index contributed by atoms with van der Waals surface area (Å²) in [7, 11) is 0. The van der Waals surface area contributed by atoms with Crippen molar-refractivity contribution in [3.05, 3.63) is 59.7 Å². The van der Waals surface area contributed by atoms with Crippen molar-refractivity contribution in [1.82, 2.24) is 0 Å². The van der Waals surface area contributed by atoms with Crippen molar-refractivity contribution in [2.24, 2.45) is 0 Å². The molecule has 2 aliphatic heterocycles. The molecule has 3 aromatic carbocycles. The van der Waals surface area contributed by atoms with Crippen LogP contribution in [0.1, 0.15) is 11.1 Å². The zero-order valence-corrected chi connectivity index (χ0v) is 12.4. The quantitative estimate of drug-likeness (QED) is 0.538. The Morgan fingerprint density at radius 1 is 0.773 bits per heavy atom. The molecular weight excluding hydrogens is 272 g/mol. The van der Waals surface area contributed by atoms with Crippen LogP contribution in [0.5, 0.6) is 0 Å². The molecule has 110 valence electrons. The fourth-order valence-corrected chi connectivity index (χ4v) is 3.40. The van der Waals surface area contributed by atoms with E-state index in [2.05, 4.69) is 48.5 Å². The Morgan fingerprint density at radius 2 is 1.45 bits per heavy atom. The molecule has 0 radical (unpaired) electrons. The Bertz CT molecular complexity index is 860. The average molecular weight is 290 g/mol. The maximum absolute atomic E-state index is 5.49. The van der Waals surface area contributed by atoms with E-state index in [-0.39, 0.29) is 0 Å². The first kappa shape index (κ1) is 12.6. The summed E-state index contributed by atoms with van der Waals surface area (Å²) in [5.74, 6) is 0. The molecule has 0 amide bonds. The van der Waals surface area contributed by atoms with Crippen molar-refractivity contribution in [3.8, 4) is 0 Å². The van der Waals surface area contributed by atoms with Crippen LogP contribution in [0.15, 0.2) is 48.5 Å². The summed E-state index contributed by atoms with van der Waals surface area (Å²) < 4.78 is 10.9. The number of epoxide rings is 2. The largest absolute Gasteiger partial charge is 0.373 e. The van der Waals surface area contributed by atoms with E-state index in [4.69, 9.17) is 9.47 Å². The van der Waals surface area contributed by atoms with Gasteiger partial charge < -0.3 is 9.47 Å². The molecule has 3 aromatic rings. The lowest BCUT2D eigenvalue weighted by Gasteiger charge is -2.13. The van der Waals surface area contributed by atoms with E-state index in [9.17, 15) is 0 Å². The van der Waals surface area contributed by atoms with E-state index < -0.39 is 0 Å². The summed E-state index contributed by atoms with van der Waals surface area (Å²) in [4.78, 5) is 0. The molecule has 2 heteroatoms. The summed E-state index contributed by atoms with van der Waals surface area (Å²) in [5.41, 5.74) is 2.89. The predicted molar refractivity (Wildman–Crippen MR) is 88.3 cm³/mol. The van der Waals surface area contributed by atoms with E-state index in [0.29, 0.717) is 12.2 Å². The molecule has 22 heavy (non-hydrogen) atoms. The van der Waals surface area contributed by atoms with Crippen LogP contribution < -0.4 is 0 Å². The van der Waals surface area contributed by atoms with Crippen molar-refractivity contribution in [3.63, 3.8) is 0 Å². The van der Waals surface area contributed by atoms with Gasteiger partial charge in [0.2, 0.25) is 0 Å². The van der Waals surface area contributed by atoms with Gasteiger partial charge in [0.15, 0.2) is 0 Å². The van der Waals surface area contributed by atoms with Gasteiger partial charge in [-0.2, -0.15) is 0 Å². The van der Waals surface area contributed by atoms with Gasteiger partial charge in [-0.3, -0.25) is 0 Å². The lowest BCUT2D eigenvalue weighted by Crippen LogP contribution is -2.03. The Labute approximate surface area is 129 Å². The molecule has 0 aliphatic carbocycles. The van der Waals surface area contributed by atoms with Gasteiger partial charge in [0, 0.05) is 12.8 Å². The van der Waals surface area contributed by atoms with Crippen LogP contribution in [0.3, 0.4) is 0 Å². The van der Waals surface area contributed by atoms with Crippen molar-refractivity contribution < 1.29 is 9.47 Å². The Balaban J connectivity index is 1.72. The highest BCUT2D eigenvalue weighted by Gasteiger charge is 2.28. The van der Waals surface area contributed by atoms with Crippen LogP contribution >= 0.6 is 0 Å². The molecule has 5 rings (SSSR count). The Morgan fingerprint density at radius 3 is 2.18 bits per heavy atom. The molecule has 2 heterocycles. The highest BCUT2D eigenvalue weighted by Crippen LogP contribution is 2.32. The number of ether oxygens (including phenoxy) is 2. The van der Waals surface area contributed by atoms with Gasteiger partial charge in [0.1, 0.15) is 0 Å². The summed E-state index contributed by atoms with van der Waals surface area (Å²) >= 11 is 0. The maximum atomic E-state index is 5.49. The summed E-state index contributed by atoms with van der Waals surface area (Å²) in [6, 6.07) is 17.8.